The first-order valence-corrected chi connectivity index (χ1v) is 5.29. The Bertz CT molecular complexity index is 252. The van der Waals surface area contributed by atoms with Crippen molar-refractivity contribution in [3.05, 3.63) is 12.7 Å². The van der Waals surface area contributed by atoms with E-state index >= 15 is 0 Å². The van der Waals surface area contributed by atoms with Crippen LogP contribution in [-0.4, -0.2) is 35.1 Å². The standard InChI is InChI=1S/C11H17NO2/c1-2-3-11(14)12-6-8-4-5-10(13)9(8)7-12/h2,8-10,13H,1,3-7H2. The Morgan fingerprint density at radius 1 is 1.50 bits per heavy atom. The minimum atomic E-state index is -0.179. The highest BCUT2D eigenvalue weighted by atomic mass is 16.3. The zero-order chi connectivity index (χ0) is 10.1. The molecule has 1 heterocycles. The molecule has 1 saturated heterocycles. The average molecular weight is 195 g/mol. The van der Waals surface area contributed by atoms with Gasteiger partial charge in [0, 0.05) is 25.4 Å². The number of rotatable bonds is 2. The Labute approximate surface area is 84.4 Å². The van der Waals surface area contributed by atoms with Crippen LogP contribution >= 0.6 is 0 Å². The first-order chi connectivity index (χ1) is 6.72. The van der Waals surface area contributed by atoms with Crippen LogP contribution in [-0.2, 0) is 4.79 Å². The van der Waals surface area contributed by atoms with Gasteiger partial charge in [0.15, 0.2) is 0 Å². The van der Waals surface area contributed by atoms with Crippen molar-refractivity contribution in [2.24, 2.45) is 11.8 Å². The summed E-state index contributed by atoms with van der Waals surface area (Å²) < 4.78 is 0. The number of hydrogen-bond acceptors (Lipinski definition) is 2. The van der Waals surface area contributed by atoms with Crippen LogP contribution in [0.2, 0.25) is 0 Å². The van der Waals surface area contributed by atoms with Crippen LogP contribution in [0, 0.1) is 11.8 Å². The van der Waals surface area contributed by atoms with E-state index in [1.165, 1.54) is 0 Å². The highest BCUT2D eigenvalue weighted by molar-refractivity contribution is 5.77. The molecule has 0 aromatic rings. The highest BCUT2D eigenvalue weighted by Crippen LogP contribution is 2.38. The summed E-state index contributed by atoms with van der Waals surface area (Å²) in [4.78, 5) is 13.4. The van der Waals surface area contributed by atoms with Crippen LogP contribution in [0.5, 0.6) is 0 Å². The lowest BCUT2D eigenvalue weighted by Crippen LogP contribution is -2.30. The van der Waals surface area contributed by atoms with Gasteiger partial charge in [-0.15, -0.1) is 6.58 Å². The van der Waals surface area contributed by atoms with Crippen molar-refractivity contribution < 1.29 is 9.90 Å². The van der Waals surface area contributed by atoms with Gasteiger partial charge in [0.2, 0.25) is 5.91 Å². The van der Waals surface area contributed by atoms with Crippen molar-refractivity contribution in [1.82, 2.24) is 4.90 Å². The van der Waals surface area contributed by atoms with Gasteiger partial charge in [-0.05, 0) is 18.8 Å². The lowest BCUT2D eigenvalue weighted by Gasteiger charge is -2.17. The second-order valence-corrected chi connectivity index (χ2v) is 4.36. The number of fused-ring (bicyclic) bond motifs is 1. The Hall–Kier alpha value is -0.830. The summed E-state index contributed by atoms with van der Waals surface area (Å²) in [5.74, 6) is 1.03. The number of amides is 1. The van der Waals surface area contributed by atoms with E-state index in [2.05, 4.69) is 6.58 Å². The van der Waals surface area contributed by atoms with Gasteiger partial charge in [-0.1, -0.05) is 6.08 Å². The van der Waals surface area contributed by atoms with Crippen molar-refractivity contribution >= 4 is 5.91 Å². The molecule has 1 aliphatic heterocycles. The molecule has 0 bridgehead atoms. The number of carbonyl (C=O) groups excluding carboxylic acids is 1. The molecule has 0 radical (unpaired) electrons. The van der Waals surface area contributed by atoms with Crippen molar-refractivity contribution in [3.8, 4) is 0 Å². The Kier molecular flexibility index (Phi) is 2.59. The number of aliphatic hydroxyl groups excluding tert-OH is 1. The highest BCUT2D eigenvalue weighted by Gasteiger charge is 2.42. The molecule has 2 fully saturated rings. The molecule has 3 heteroatoms. The van der Waals surface area contributed by atoms with E-state index in [9.17, 15) is 9.90 Å². The molecule has 3 nitrogen and oxygen atoms in total. The molecule has 3 unspecified atom stereocenters. The molecule has 0 aromatic carbocycles. The molecule has 1 N–H and O–H groups in total. The summed E-state index contributed by atoms with van der Waals surface area (Å²) >= 11 is 0. The Morgan fingerprint density at radius 3 is 2.93 bits per heavy atom. The van der Waals surface area contributed by atoms with Crippen LogP contribution in [0.3, 0.4) is 0 Å². The fourth-order valence-corrected chi connectivity index (χ4v) is 2.69. The van der Waals surface area contributed by atoms with E-state index in [0.717, 1.165) is 25.9 Å². The number of aliphatic hydroxyl groups is 1. The van der Waals surface area contributed by atoms with Crippen molar-refractivity contribution in [3.63, 3.8) is 0 Å². The van der Waals surface area contributed by atoms with E-state index in [4.69, 9.17) is 0 Å². The fourth-order valence-electron chi connectivity index (χ4n) is 2.69. The predicted octanol–water partition coefficient (Wildman–Crippen LogP) is 0.792. The molecule has 1 saturated carbocycles. The first-order valence-electron chi connectivity index (χ1n) is 5.29. The predicted molar refractivity (Wildman–Crippen MR) is 53.6 cm³/mol. The van der Waals surface area contributed by atoms with E-state index in [-0.39, 0.29) is 12.0 Å². The maximum Gasteiger partial charge on any atom is 0.226 e. The van der Waals surface area contributed by atoms with E-state index in [1.807, 2.05) is 4.90 Å². The van der Waals surface area contributed by atoms with E-state index in [0.29, 0.717) is 18.3 Å². The normalized spacial score (nSPS) is 35.8. The molecule has 0 aromatic heterocycles. The van der Waals surface area contributed by atoms with E-state index < -0.39 is 0 Å². The summed E-state index contributed by atoms with van der Waals surface area (Å²) in [7, 11) is 0. The van der Waals surface area contributed by atoms with Crippen LogP contribution in [0.25, 0.3) is 0 Å². The van der Waals surface area contributed by atoms with Crippen LogP contribution in [0.4, 0.5) is 0 Å². The zero-order valence-electron chi connectivity index (χ0n) is 8.35. The average Bonchev–Trinajstić information content (AvgIpc) is 2.69. The van der Waals surface area contributed by atoms with Gasteiger partial charge in [-0.25, -0.2) is 0 Å². The quantitative estimate of drug-likeness (QED) is 0.662. The van der Waals surface area contributed by atoms with Gasteiger partial charge < -0.3 is 10.0 Å². The van der Waals surface area contributed by atoms with Crippen molar-refractivity contribution in [1.29, 1.82) is 0 Å². The minimum Gasteiger partial charge on any atom is -0.393 e. The van der Waals surface area contributed by atoms with Gasteiger partial charge >= 0.3 is 0 Å². The molecule has 1 aliphatic carbocycles. The number of hydrogen-bond donors (Lipinski definition) is 1. The van der Waals surface area contributed by atoms with Gasteiger partial charge in [-0.2, -0.15) is 0 Å². The fraction of sp³-hybridized carbons (Fsp3) is 0.727. The van der Waals surface area contributed by atoms with Crippen LogP contribution in [0.15, 0.2) is 12.7 Å². The first kappa shape index (κ1) is 9.71. The van der Waals surface area contributed by atoms with Crippen molar-refractivity contribution in [2.45, 2.75) is 25.4 Å². The van der Waals surface area contributed by atoms with Gasteiger partial charge in [-0.3, -0.25) is 4.79 Å². The molecular formula is C11H17NO2. The van der Waals surface area contributed by atoms with Crippen LogP contribution < -0.4 is 0 Å². The molecule has 3 atom stereocenters. The SMILES string of the molecule is C=CCC(=O)N1CC2CCC(O)C2C1. The van der Waals surface area contributed by atoms with Crippen molar-refractivity contribution in [2.75, 3.05) is 13.1 Å². The lowest BCUT2D eigenvalue weighted by atomic mass is 10.00. The molecule has 78 valence electrons. The molecule has 2 aliphatic rings. The maximum absolute atomic E-state index is 11.6. The Balaban J connectivity index is 1.95. The lowest BCUT2D eigenvalue weighted by molar-refractivity contribution is -0.129. The third-order valence-electron chi connectivity index (χ3n) is 3.49. The molecular weight excluding hydrogens is 178 g/mol. The number of nitrogens with zero attached hydrogens (tertiary/aromatic N) is 1. The molecule has 0 spiro atoms. The summed E-state index contributed by atoms with van der Waals surface area (Å²) in [5, 5.41) is 9.67. The third-order valence-corrected chi connectivity index (χ3v) is 3.49. The number of likely N-dealkylation sites (tertiary alicyclic amines) is 1. The molecule has 2 rings (SSSR count). The zero-order valence-corrected chi connectivity index (χ0v) is 8.35. The second kappa shape index (κ2) is 3.73. The molecule has 1 amide bonds. The smallest absolute Gasteiger partial charge is 0.226 e. The summed E-state index contributed by atoms with van der Waals surface area (Å²) in [5.41, 5.74) is 0. The van der Waals surface area contributed by atoms with Gasteiger partial charge in [0.1, 0.15) is 0 Å². The monoisotopic (exact) mass is 195 g/mol. The van der Waals surface area contributed by atoms with Gasteiger partial charge in [0.25, 0.3) is 0 Å². The van der Waals surface area contributed by atoms with Gasteiger partial charge in [0.05, 0.1) is 6.10 Å². The van der Waals surface area contributed by atoms with Crippen LogP contribution in [0.1, 0.15) is 19.3 Å². The summed E-state index contributed by atoms with van der Waals surface area (Å²) in [6.45, 7) is 5.15. The second-order valence-electron chi connectivity index (χ2n) is 4.36. The maximum atomic E-state index is 11.6. The Morgan fingerprint density at radius 2 is 2.29 bits per heavy atom. The van der Waals surface area contributed by atoms with E-state index in [1.54, 1.807) is 6.08 Å². The summed E-state index contributed by atoms with van der Waals surface area (Å²) in [6.07, 6.45) is 3.88. The molecule has 14 heavy (non-hydrogen) atoms. The third kappa shape index (κ3) is 1.57. The summed E-state index contributed by atoms with van der Waals surface area (Å²) in [6, 6.07) is 0. The minimum absolute atomic E-state index is 0.154. The number of carbonyl (C=O) groups is 1. The topological polar surface area (TPSA) is 40.5 Å². The largest absolute Gasteiger partial charge is 0.393 e.